The molecule has 0 saturated heterocycles. The summed E-state index contributed by atoms with van der Waals surface area (Å²) in [5.41, 5.74) is 2.39. The molecule has 3 rings (SSSR count). The van der Waals surface area contributed by atoms with Crippen molar-refractivity contribution in [2.24, 2.45) is 0 Å². The van der Waals surface area contributed by atoms with Crippen LogP contribution in [0.2, 0.25) is 0 Å². The second-order valence-corrected chi connectivity index (χ2v) is 7.35. The fraction of sp³-hybridized carbons (Fsp3) is 0.381. The van der Waals surface area contributed by atoms with Crippen LogP contribution >= 0.6 is 0 Å². The molecule has 2 aromatic rings. The van der Waals surface area contributed by atoms with Gasteiger partial charge in [0.15, 0.2) is 0 Å². The van der Waals surface area contributed by atoms with Crippen LogP contribution in [0.15, 0.2) is 54.6 Å². The van der Waals surface area contributed by atoms with E-state index in [1.807, 2.05) is 42.5 Å². The first-order valence-electron chi connectivity index (χ1n) is 8.59. The van der Waals surface area contributed by atoms with Gasteiger partial charge < -0.3 is 10.4 Å². The first-order valence-corrected chi connectivity index (χ1v) is 8.59. The second kappa shape index (κ2) is 6.78. The molecule has 0 unspecified atom stereocenters. The number of benzene rings is 2. The quantitative estimate of drug-likeness (QED) is 0.852. The first-order chi connectivity index (χ1) is 11.4. The highest BCUT2D eigenvalue weighted by Crippen LogP contribution is 2.40. The normalized spacial score (nSPS) is 19.8. The van der Waals surface area contributed by atoms with Crippen molar-refractivity contribution in [3.8, 4) is 0 Å². The molecule has 0 bridgehead atoms. The summed E-state index contributed by atoms with van der Waals surface area (Å²) in [5.74, 6) is 0.428. The van der Waals surface area contributed by atoms with Crippen molar-refractivity contribution in [1.29, 1.82) is 0 Å². The third-order valence-corrected chi connectivity index (χ3v) is 4.55. The first kappa shape index (κ1) is 16.7. The molecule has 2 N–H and O–H groups in total. The van der Waals surface area contributed by atoms with Gasteiger partial charge in [-0.15, -0.1) is 0 Å². The van der Waals surface area contributed by atoms with Gasteiger partial charge in [0.1, 0.15) is 0 Å². The van der Waals surface area contributed by atoms with Crippen LogP contribution in [0.4, 0.5) is 0 Å². The number of nitrogens with one attached hydrogen (secondary N) is 1. The lowest BCUT2D eigenvalue weighted by Gasteiger charge is -2.16. The number of amides is 1. The van der Waals surface area contributed by atoms with Crippen LogP contribution in [0, 0.1) is 0 Å². The molecule has 0 heterocycles. The Hall–Kier alpha value is -2.13. The molecule has 3 heteroatoms. The lowest BCUT2D eigenvalue weighted by molar-refractivity contribution is 0.0714. The minimum Gasteiger partial charge on any atom is -0.390 e. The lowest BCUT2D eigenvalue weighted by atomic mass is 9.98. The van der Waals surface area contributed by atoms with Gasteiger partial charge in [0.25, 0.3) is 5.91 Å². The van der Waals surface area contributed by atoms with E-state index in [0.717, 1.165) is 18.4 Å². The Morgan fingerprint density at radius 2 is 1.92 bits per heavy atom. The van der Waals surface area contributed by atoms with Crippen molar-refractivity contribution < 1.29 is 9.90 Å². The van der Waals surface area contributed by atoms with Crippen LogP contribution in [-0.2, 0) is 6.42 Å². The van der Waals surface area contributed by atoms with Crippen molar-refractivity contribution in [1.82, 2.24) is 5.32 Å². The number of rotatable bonds is 6. The Bertz CT molecular complexity index is 703. The number of hydrogen-bond acceptors (Lipinski definition) is 2. The van der Waals surface area contributed by atoms with Crippen molar-refractivity contribution in [2.75, 3.05) is 0 Å². The van der Waals surface area contributed by atoms with E-state index in [9.17, 15) is 9.90 Å². The molecule has 1 saturated carbocycles. The fourth-order valence-electron chi connectivity index (χ4n) is 2.99. The van der Waals surface area contributed by atoms with Gasteiger partial charge in [-0.05, 0) is 56.4 Å². The number of aliphatic hydroxyl groups is 1. The van der Waals surface area contributed by atoms with Gasteiger partial charge in [0, 0.05) is 17.5 Å². The molecule has 1 fully saturated rings. The van der Waals surface area contributed by atoms with E-state index in [0.29, 0.717) is 17.9 Å². The minimum absolute atomic E-state index is 0.0106. The van der Waals surface area contributed by atoms with E-state index in [1.165, 1.54) is 5.56 Å². The fourth-order valence-corrected chi connectivity index (χ4v) is 2.99. The molecule has 2 aromatic carbocycles. The molecule has 0 radical (unpaired) electrons. The third-order valence-electron chi connectivity index (χ3n) is 4.55. The smallest absolute Gasteiger partial charge is 0.251 e. The third kappa shape index (κ3) is 4.45. The zero-order chi connectivity index (χ0) is 17.2. The topological polar surface area (TPSA) is 49.3 Å². The molecule has 126 valence electrons. The molecular formula is C21H25NO2. The average molecular weight is 323 g/mol. The summed E-state index contributed by atoms with van der Waals surface area (Å²) in [6.07, 6.45) is 2.45. The molecule has 24 heavy (non-hydrogen) atoms. The number of aryl methyl sites for hydroxylation is 1. The minimum atomic E-state index is -0.685. The van der Waals surface area contributed by atoms with E-state index in [1.54, 1.807) is 13.8 Å². The van der Waals surface area contributed by atoms with Crippen molar-refractivity contribution in [3.05, 3.63) is 71.3 Å². The van der Waals surface area contributed by atoms with E-state index in [-0.39, 0.29) is 11.9 Å². The van der Waals surface area contributed by atoms with Gasteiger partial charge in [0.05, 0.1) is 5.60 Å². The van der Waals surface area contributed by atoms with Crippen LogP contribution < -0.4 is 5.32 Å². The second-order valence-electron chi connectivity index (χ2n) is 7.35. The molecule has 3 nitrogen and oxygen atoms in total. The molecular weight excluding hydrogens is 298 g/mol. The van der Waals surface area contributed by atoms with Gasteiger partial charge in [-0.3, -0.25) is 4.79 Å². The standard InChI is InChI=1S/C21H25NO2/c1-21(2,24)12-11-15-7-6-10-17(13-15)20(23)22-19-14-18(19)16-8-4-3-5-9-16/h3-10,13,18-19,24H,11-12,14H2,1-2H3,(H,22,23)/t18-,19+/m0/s1. The summed E-state index contributed by atoms with van der Waals surface area (Å²) in [4.78, 5) is 12.5. The Kier molecular flexibility index (Phi) is 4.72. The number of carbonyl (C=O) groups is 1. The maximum absolute atomic E-state index is 12.5. The van der Waals surface area contributed by atoms with Crippen LogP contribution in [-0.4, -0.2) is 22.7 Å². The SMILES string of the molecule is CC(C)(O)CCc1cccc(C(=O)N[C@@H]2C[C@H]2c2ccccc2)c1. The molecule has 2 atom stereocenters. The predicted octanol–water partition coefficient (Wildman–Crippen LogP) is 3.68. The summed E-state index contributed by atoms with van der Waals surface area (Å²) in [5, 5.41) is 13.0. The lowest BCUT2D eigenvalue weighted by Crippen LogP contribution is -2.26. The maximum Gasteiger partial charge on any atom is 0.251 e. The summed E-state index contributed by atoms with van der Waals surface area (Å²) in [6.45, 7) is 3.61. The average Bonchev–Trinajstić information content (AvgIpc) is 3.32. The van der Waals surface area contributed by atoms with Crippen molar-refractivity contribution in [3.63, 3.8) is 0 Å². The van der Waals surface area contributed by atoms with E-state index in [2.05, 4.69) is 17.4 Å². The van der Waals surface area contributed by atoms with E-state index < -0.39 is 5.60 Å². The number of carbonyl (C=O) groups excluding carboxylic acids is 1. The molecule has 1 amide bonds. The Balaban J connectivity index is 1.58. The largest absolute Gasteiger partial charge is 0.390 e. The molecule has 1 aliphatic rings. The van der Waals surface area contributed by atoms with Crippen LogP contribution in [0.3, 0.4) is 0 Å². The molecule has 1 aliphatic carbocycles. The van der Waals surface area contributed by atoms with Crippen LogP contribution in [0.1, 0.15) is 54.1 Å². The summed E-state index contributed by atoms with van der Waals surface area (Å²) in [7, 11) is 0. The van der Waals surface area contributed by atoms with Crippen LogP contribution in [0.25, 0.3) is 0 Å². The summed E-state index contributed by atoms with van der Waals surface area (Å²) in [6, 6.07) is 18.3. The summed E-state index contributed by atoms with van der Waals surface area (Å²) >= 11 is 0. The zero-order valence-electron chi connectivity index (χ0n) is 14.3. The molecule has 0 spiro atoms. The monoisotopic (exact) mass is 323 g/mol. The zero-order valence-corrected chi connectivity index (χ0v) is 14.3. The predicted molar refractivity (Wildman–Crippen MR) is 96.1 cm³/mol. The van der Waals surface area contributed by atoms with Crippen molar-refractivity contribution >= 4 is 5.91 Å². The van der Waals surface area contributed by atoms with Gasteiger partial charge in [0.2, 0.25) is 0 Å². The van der Waals surface area contributed by atoms with Gasteiger partial charge in [-0.2, -0.15) is 0 Å². The van der Waals surface area contributed by atoms with E-state index >= 15 is 0 Å². The highest BCUT2D eigenvalue weighted by atomic mass is 16.3. The summed E-state index contributed by atoms with van der Waals surface area (Å²) < 4.78 is 0. The van der Waals surface area contributed by atoms with Crippen molar-refractivity contribution in [2.45, 2.75) is 50.7 Å². The Morgan fingerprint density at radius 3 is 2.62 bits per heavy atom. The Labute approximate surface area is 143 Å². The van der Waals surface area contributed by atoms with Gasteiger partial charge in [-0.1, -0.05) is 42.5 Å². The van der Waals surface area contributed by atoms with E-state index in [4.69, 9.17) is 0 Å². The molecule has 0 aromatic heterocycles. The molecule has 0 aliphatic heterocycles. The Morgan fingerprint density at radius 1 is 1.17 bits per heavy atom. The van der Waals surface area contributed by atoms with Crippen LogP contribution in [0.5, 0.6) is 0 Å². The number of hydrogen-bond donors (Lipinski definition) is 2. The maximum atomic E-state index is 12.5. The highest BCUT2D eigenvalue weighted by Gasteiger charge is 2.39. The highest BCUT2D eigenvalue weighted by molar-refractivity contribution is 5.94. The van der Waals surface area contributed by atoms with Gasteiger partial charge >= 0.3 is 0 Å². The van der Waals surface area contributed by atoms with Gasteiger partial charge in [-0.25, -0.2) is 0 Å².